The molecule has 2 amide bonds. The van der Waals surface area contributed by atoms with Gasteiger partial charge < -0.3 is 14.7 Å². The Morgan fingerprint density at radius 3 is 2.70 bits per heavy atom. The number of carbonyl (C=O) groups is 2. The zero-order valence-corrected chi connectivity index (χ0v) is 16.5. The fourth-order valence-corrected chi connectivity index (χ4v) is 3.89. The standard InChI is InChI=1S/C23H22N4O3/c28-20-13-17(14-27(20)19-10-2-1-3-11-19)22(29)24-18-9-5-8-16(12-18)21-25-23(30-26-21)15-6-4-7-15/h1-3,5,8-12,15,17H,4,6-7,13-14H2,(H,24,29). The second-order valence-electron chi connectivity index (χ2n) is 7.90. The van der Waals surface area contributed by atoms with Crippen molar-refractivity contribution in [1.29, 1.82) is 0 Å². The summed E-state index contributed by atoms with van der Waals surface area (Å²) in [4.78, 5) is 31.4. The molecule has 1 aromatic heterocycles. The van der Waals surface area contributed by atoms with Crippen LogP contribution in [0.15, 0.2) is 59.1 Å². The Morgan fingerprint density at radius 2 is 1.93 bits per heavy atom. The van der Waals surface area contributed by atoms with Gasteiger partial charge in [-0.1, -0.05) is 41.9 Å². The van der Waals surface area contributed by atoms with Crippen molar-refractivity contribution in [3.63, 3.8) is 0 Å². The van der Waals surface area contributed by atoms with E-state index in [1.54, 1.807) is 4.90 Å². The Hall–Kier alpha value is -3.48. The van der Waals surface area contributed by atoms with Crippen LogP contribution < -0.4 is 10.2 Å². The highest BCUT2D eigenvalue weighted by atomic mass is 16.5. The van der Waals surface area contributed by atoms with Crippen LogP contribution in [0.1, 0.15) is 37.5 Å². The van der Waals surface area contributed by atoms with Gasteiger partial charge in [-0.2, -0.15) is 4.98 Å². The number of hydrogen-bond donors (Lipinski definition) is 1. The quantitative estimate of drug-likeness (QED) is 0.697. The van der Waals surface area contributed by atoms with Crippen molar-refractivity contribution in [2.24, 2.45) is 5.92 Å². The lowest BCUT2D eigenvalue weighted by atomic mass is 9.85. The zero-order chi connectivity index (χ0) is 20.5. The van der Waals surface area contributed by atoms with E-state index in [1.165, 1.54) is 6.42 Å². The summed E-state index contributed by atoms with van der Waals surface area (Å²) in [5.41, 5.74) is 2.26. The Kier molecular flexibility index (Phi) is 4.78. The molecule has 5 rings (SSSR count). The van der Waals surface area contributed by atoms with Crippen LogP contribution >= 0.6 is 0 Å². The van der Waals surface area contributed by atoms with Gasteiger partial charge >= 0.3 is 0 Å². The number of amides is 2. The molecule has 30 heavy (non-hydrogen) atoms. The normalized spacial score (nSPS) is 19.0. The van der Waals surface area contributed by atoms with Crippen LogP contribution in [0.3, 0.4) is 0 Å². The molecule has 152 valence electrons. The van der Waals surface area contributed by atoms with E-state index in [1.807, 2.05) is 54.6 Å². The summed E-state index contributed by atoms with van der Waals surface area (Å²) >= 11 is 0. The van der Waals surface area contributed by atoms with Crippen molar-refractivity contribution in [2.75, 3.05) is 16.8 Å². The molecule has 1 aliphatic carbocycles. The first kappa shape index (κ1) is 18.5. The van der Waals surface area contributed by atoms with Crippen LogP contribution in [0.4, 0.5) is 11.4 Å². The summed E-state index contributed by atoms with van der Waals surface area (Å²) in [6, 6.07) is 16.8. The van der Waals surface area contributed by atoms with E-state index >= 15 is 0 Å². The van der Waals surface area contributed by atoms with E-state index in [9.17, 15) is 9.59 Å². The van der Waals surface area contributed by atoms with Gasteiger partial charge in [0.15, 0.2) is 0 Å². The fraction of sp³-hybridized carbons (Fsp3) is 0.304. The van der Waals surface area contributed by atoms with Crippen LogP contribution in [0, 0.1) is 5.92 Å². The lowest BCUT2D eigenvalue weighted by Crippen LogP contribution is -2.28. The number of aromatic nitrogens is 2. The second-order valence-corrected chi connectivity index (χ2v) is 7.90. The van der Waals surface area contributed by atoms with Crippen LogP contribution in [0.2, 0.25) is 0 Å². The number of para-hydroxylation sites is 1. The molecule has 1 aliphatic heterocycles. The molecule has 7 nitrogen and oxygen atoms in total. The first-order valence-corrected chi connectivity index (χ1v) is 10.3. The van der Waals surface area contributed by atoms with E-state index in [-0.39, 0.29) is 18.2 Å². The van der Waals surface area contributed by atoms with Gasteiger partial charge in [-0.05, 0) is 37.1 Å². The third kappa shape index (κ3) is 3.58. The molecule has 1 saturated carbocycles. The largest absolute Gasteiger partial charge is 0.339 e. The molecular formula is C23H22N4O3. The first-order chi connectivity index (χ1) is 14.7. The van der Waals surface area contributed by atoms with E-state index in [0.717, 1.165) is 24.1 Å². The predicted molar refractivity (Wildman–Crippen MR) is 112 cm³/mol. The molecule has 1 atom stereocenters. The molecule has 2 aromatic carbocycles. The van der Waals surface area contributed by atoms with E-state index in [4.69, 9.17) is 4.52 Å². The number of nitrogens with zero attached hydrogens (tertiary/aromatic N) is 3. The van der Waals surface area contributed by atoms with Crippen molar-refractivity contribution in [3.8, 4) is 11.4 Å². The Labute approximate surface area is 174 Å². The molecule has 0 bridgehead atoms. The summed E-state index contributed by atoms with van der Waals surface area (Å²) in [7, 11) is 0. The zero-order valence-electron chi connectivity index (χ0n) is 16.5. The lowest BCUT2D eigenvalue weighted by Gasteiger charge is -2.20. The van der Waals surface area contributed by atoms with Gasteiger partial charge in [-0.3, -0.25) is 9.59 Å². The number of hydrogen-bond acceptors (Lipinski definition) is 5. The van der Waals surface area contributed by atoms with E-state index in [2.05, 4.69) is 15.5 Å². The van der Waals surface area contributed by atoms with Crippen LogP contribution in [-0.2, 0) is 9.59 Å². The van der Waals surface area contributed by atoms with Gasteiger partial charge in [0.2, 0.25) is 23.5 Å². The second kappa shape index (κ2) is 7.74. The Bertz CT molecular complexity index is 1070. The van der Waals surface area contributed by atoms with Gasteiger partial charge in [0, 0.05) is 35.8 Å². The van der Waals surface area contributed by atoms with Gasteiger partial charge in [0.05, 0.1) is 5.92 Å². The minimum absolute atomic E-state index is 0.0366. The van der Waals surface area contributed by atoms with Gasteiger partial charge in [0.1, 0.15) is 0 Å². The SMILES string of the molecule is O=C(Nc1cccc(-c2noc(C3CCC3)n2)c1)C1CC(=O)N(c2ccccc2)C1. The molecule has 2 fully saturated rings. The number of benzene rings is 2. The Morgan fingerprint density at radius 1 is 1.10 bits per heavy atom. The van der Waals surface area contributed by atoms with E-state index < -0.39 is 5.92 Å². The van der Waals surface area contributed by atoms with Gasteiger partial charge in [-0.15, -0.1) is 0 Å². The van der Waals surface area contributed by atoms with Crippen molar-refractivity contribution in [2.45, 2.75) is 31.6 Å². The number of carbonyl (C=O) groups excluding carboxylic acids is 2. The number of rotatable bonds is 5. The monoisotopic (exact) mass is 402 g/mol. The Balaban J connectivity index is 1.27. The van der Waals surface area contributed by atoms with Crippen molar-refractivity contribution in [3.05, 3.63) is 60.5 Å². The van der Waals surface area contributed by atoms with Gasteiger partial charge in [-0.25, -0.2) is 0 Å². The third-order valence-electron chi connectivity index (χ3n) is 5.85. The van der Waals surface area contributed by atoms with Crippen molar-refractivity contribution >= 4 is 23.2 Å². The molecule has 1 saturated heterocycles. The summed E-state index contributed by atoms with van der Waals surface area (Å²) in [5.74, 6) is 1.00. The minimum atomic E-state index is -0.392. The highest BCUT2D eigenvalue weighted by Crippen LogP contribution is 2.36. The summed E-state index contributed by atoms with van der Waals surface area (Å²) in [6.07, 6.45) is 3.60. The lowest BCUT2D eigenvalue weighted by molar-refractivity contribution is -0.122. The topological polar surface area (TPSA) is 88.3 Å². The average molecular weight is 402 g/mol. The van der Waals surface area contributed by atoms with Gasteiger partial charge in [0.25, 0.3) is 0 Å². The third-order valence-corrected chi connectivity index (χ3v) is 5.85. The average Bonchev–Trinajstić information content (AvgIpc) is 3.35. The molecule has 2 aliphatic rings. The number of anilines is 2. The molecule has 0 spiro atoms. The summed E-state index contributed by atoms with van der Waals surface area (Å²) < 4.78 is 5.40. The maximum atomic E-state index is 12.8. The van der Waals surface area contributed by atoms with Crippen LogP contribution in [-0.4, -0.2) is 28.5 Å². The minimum Gasteiger partial charge on any atom is -0.339 e. The van der Waals surface area contributed by atoms with Crippen molar-refractivity contribution < 1.29 is 14.1 Å². The molecular weight excluding hydrogens is 380 g/mol. The molecule has 3 aromatic rings. The number of nitrogens with one attached hydrogen (secondary N) is 1. The highest BCUT2D eigenvalue weighted by molar-refractivity contribution is 6.03. The molecule has 2 heterocycles. The summed E-state index contributed by atoms with van der Waals surface area (Å²) in [6.45, 7) is 0.379. The maximum absolute atomic E-state index is 12.8. The van der Waals surface area contributed by atoms with Crippen LogP contribution in [0.5, 0.6) is 0 Å². The molecule has 1 N–H and O–H groups in total. The molecule has 7 heteroatoms. The summed E-state index contributed by atoms with van der Waals surface area (Å²) in [5, 5.41) is 7.02. The smallest absolute Gasteiger partial charge is 0.230 e. The van der Waals surface area contributed by atoms with Crippen LogP contribution in [0.25, 0.3) is 11.4 Å². The fourth-order valence-electron chi connectivity index (χ4n) is 3.89. The predicted octanol–water partition coefficient (Wildman–Crippen LogP) is 4.00. The van der Waals surface area contributed by atoms with Crippen molar-refractivity contribution in [1.82, 2.24) is 10.1 Å². The first-order valence-electron chi connectivity index (χ1n) is 10.3. The molecule has 0 radical (unpaired) electrons. The van der Waals surface area contributed by atoms with E-state index in [0.29, 0.717) is 29.9 Å². The maximum Gasteiger partial charge on any atom is 0.230 e. The highest BCUT2D eigenvalue weighted by Gasteiger charge is 2.35. The molecule has 1 unspecified atom stereocenters.